The van der Waals surface area contributed by atoms with Gasteiger partial charge in [-0.2, -0.15) is 0 Å². The van der Waals surface area contributed by atoms with E-state index < -0.39 is 6.03 Å². The fourth-order valence-corrected chi connectivity index (χ4v) is 2.68. The molecule has 0 spiro atoms. The van der Waals surface area contributed by atoms with Crippen LogP contribution in [0.1, 0.15) is 20.7 Å². The Hall–Kier alpha value is -3.55. The molecule has 0 saturated heterocycles. The normalized spacial score (nSPS) is 12.6. The minimum atomic E-state index is -0.441. The van der Waals surface area contributed by atoms with E-state index in [0.29, 0.717) is 22.7 Å². The molecular weight excluding hydrogens is 350 g/mol. The predicted molar refractivity (Wildman–Crippen MR) is 98.4 cm³/mol. The molecule has 2 aromatic rings. The zero-order valence-electron chi connectivity index (χ0n) is 14.9. The summed E-state index contributed by atoms with van der Waals surface area (Å²) in [5, 5.41) is 5.29. The lowest BCUT2D eigenvalue weighted by atomic mass is 10.1. The molecule has 1 aliphatic rings. The van der Waals surface area contributed by atoms with Crippen LogP contribution in [0.15, 0.2) is 42.5 Å². The lowest BCUT2D eigenvalue weighted by Gasteiger charge is -2.11. The largest absolute Gasteiger partial charge is 0.493 e. The van der Waals surface area contributed by atoms with Crippen molar-refractivity contribution >= 4 is 23.5 Å². The molecule has 140 valence electrons. The number of rotatable bonds is 6. The van der Waals surface area contributed by atoms with E-state index in [0.717, 1.165) is 4.90 Å². The third kappa shape index (κ3) is 3.84. The van der Waals surface area contributed by atoms with Crippen molar-refractivity contribution in [3.63, 3.8) is 0 Å². The van der Waals surface area contributed by atoms with Crippen molar-refractivity contribution in [3.05, 3.63) is 53.6 Å². The minimum Gasteiger partial charge on any atom is -0.493 e. The number of nitrogens with one attached hydrogen (secondary N) is 2. The average Bonchev–Trinajstić information content (AvgIpc) is 2.89. The summed E-state index contributed by atoms with van der Waals surface area (Å²) in [5.41, 5.74) is 1.03. The number of hydrogen-bond acceptors (Lipinski definition) is 5. The van der Waals surface area contributed by atoms with E-state index in [9.17, 15) is 14.4 Å². The van der Waals surface area contributed by atoms with E-state index in [2.05, 4.69) is 10.6 Å². The SMILES string of the molecule is COc1ccccc1OCCNC(=O)Nc1ccc2c(c1)C(=O)N(C)C2=O. The van der Waals surface area contributed by atoms with Crippen LogP contribution in [0.25, 0.3) is 0 Å². The Bertz CT molecular complexity index is 897. The number of fused-ring (bicyclic) bond motifs is 1. The van der Waals surface area contributed by atoms with E-state index in [1.165, 1.54) is 19.2 Å². The van der Waals surface area contributed by atoms with Gasteiger partial charge in [0.1, 0.15) is 6.61 Å². The first-order valence-electron chi connectivity index (χ1n) is 8.28. The maximum Gasteiger partial charge on any atom is 0.319 e. The minimum absolute atomic E-state index is 0.260. The Morgan fingerprint density at radius 1 is 1.04 bits per heavy atom. The van der Waals surface area contributed by atoms with Gasteiger partial charge in [0.05, 0.1) is 24.8 Å². The van der Waals surface area contributed by atoms with Gasteiger partial charge in [-0.05, 0) is 30.3 Å². The Morgan fingerprint density at radius 2 is 1.74 bits per heavy atom. The van der Waals surface area contributed by atoms with Crippen molar-refractivity contribution in [1.29, 1.82) is 0 Å². The first kappa shape index (κ1) is 18.2. The number of amides is 4. The molecule has 8 nitrogen and oxygen atoms in total. The van der Waals surface area contributed by atoms with Crippen LogP contribution in [0, 0.1) is 0 Å². The van der Waals surface area contributed by atoms with E-state index in [4.69, 9.17) is 9.47 Å². The molecule has 0 saturated carbocycles. The molecule has 0 unspecified atom stereocenters. The third-order valence-corrected chi connectivity index (χ3v) is 4.06. The monoisotopic (exact) mass is 369 g/mol. The Labute approximate surface area is 156 Å². The number of para-hydroxylation sites is 2. The number of methoxy groups -OCH3 is 1. The van der Waals surface area contributed by atoms with Gasteiger partial charge >= 0.3 is 6.03 Å². The summed E-state index contributed by atoms with van der Waals surface area (Å²) in [4.78, 5) is 36.9. The van der Waals surface area contributed by atoms with Crippen LogP contribution >= 0.6 is 0 Å². The van der Waals surface area contributed by atoms with E-state index >= 15 is 0 Å². The van der Waals surface area contributed by atoms with Crippen LogP contribution in [-0.2, 0) is 0 Å². The van der Waals surface area contributed by atoms with Crippen LogP contribution in [0.5, 0.6) is 11.5 Å². The van der Waals surface area contributed by atoms with Crippen molar-refractivity contribution in [2.24, 2.45) is 0 Å². The number of carbonyl (C=O) groups excluding carboxylic acids is 3. The predicted octanol–water partition coefficient (Wildman–Crippen LogP) is 2.12. The van der Waals surface area contributed by atoms with E-state index in [1.807, 2.05) is 12.1 Å². The van der Waals surface area contributed by atoms with Crippen molar-refractivity contribution in [2.75, 3.05) is 32.6 Å². The average molecular weight is 369 g/mol. The number of imide groups is 1. The van der Waals surface area contributed by atoms with Crippen LogP contribution < -0.4 is 20.1 Å². The van der Waals surface area contributed by atoms with Gasteiger partial charge in [0, 0.05) is 12.7 Å². The molecule has 1 aliphatic heterocycles. The molecule has 1 heterocycles. The number of hydrogen-bond donors (Lipinski definition) is 2. The molecule has 2 N–H and O–H groups in total. The zero-order valence-corrected chi connectivity index (χ0v) is 14.9. The number of ether oxygens (including phenoxy) is 2. The molecule has 4 amide bonds. The standard InChI is InChI=1S/C19H19N3O5/c1-22-17(23)13-8-7-12(11-14(13)18(22)24)21-19(25)20-9-10-27-16-6-4-3-5-15(16)26-2/h3-8,11H,9-10H2,1-2H3,(H2,20,21,25). The van der Waals surface area contributed by atoms with Crippen LogP contribution in [0.3, 0.4) is 0 Å². The summed E-state index contributed by atoms with van der Waals surface area (Å²) in [6.07, 6.45) is 0. The second kappa shape index (κ2) is 7.77. The number of benzene rings is 2. The van der Waals surface area contributed by atoms with Gasteiger partial charge in [0.25, 0.3) is 11.8 Å². The fraction of sp³-hybridized carbons (Fsp3) is 0.211. The number of anilines is 1. The summed E-state index contributed by atoms with van der Waals surface area (Å²) in [7, 11) is 2.98. The molecule has 3 rings (SSSR count). The van der Waals surface area contributed by atoms with Gasteiger partial charge in [-0.3, -0.25) is 14.5 Å². The van der Waals surface area contributed by atoms with Gasteiger partial charge in [-0.15, -0.1) is 0 Å². The van der Waals surface area contributed by atoms with E-state index in [-0.39, 0.29) is 30.5 Å². The summed E-state index contributed by atoms with van der Waals surface area (Å²) in [6.45, 7) is 0.532. The quantitative estimate of drug-likeness (QED) is 0.601. The highest BCUT2D eigenvalue weighted by Crippen LogP contribution is 2.26. The van der Waals surface area contributed by atoms with Crippen LogP contribution in [0.2, 0.25) is 0 Å². The highest BCUT2D eigenvalue weighted by atomic mass is 16.5. The lowest BCUT2D eigenvalue weighted by Crippen LogP contribution is -2.32. The summed E-state index contributed by atoms with van der Waals surface area (Å²) < 4.78 is 10.8. The molecule has 8 heteroatoms. The highest BCUT2D eigenvalue weighted by molar-refractivity contribution is 6.21. The third-order valence-electron chi connectivity index (χ3n) is 4.06. The molecule has 27 heavy (non-hydrogen) atoms. The Kier molecular flexibility index (Phi) is 5.25. The van der Waals surface area contributed by atoms with Crippen LogP contribution in [0.4, 0.5) is 10.5 Å². The van der Waals surface area contributed by atoms with Gasteiger partial charge in [-0.25, -0.2) is 4.79 Å². The van der Waals surface area contributed by atoms with Crippen molar-refractivity contribution in [2.45, 2.75) is 0 Å². The smallest absolute Gasteiger partial charge is 0.319 e. The molecule has 0 fully saturated rings. The Balaban J connectivity index is 1.50. The zero-order chi connectivity index (χ0) is 19.4. The first-order valence-corrected chi connectivity index (χ1v) is 8.28. The number of nitrogens with zero attached hydrogens (tertiary/aromatic N) is 1. The number of urea groups is 1. The molecule has 0 aliphatic carbocycles. The summed E-state index contributed by atoms with van der Waals surface area (Å²) in [5.74, 6) is 0.473. The number of carbonyl (C=O) groups is 3. The highest BCUT2D eigenvalue weighted by Gasteiger charge is 2.32. The fourth-order valence-electron chi connectivity index (χ4n) is 2.68. The second-order valence-electron chi connectivity index (χ2n) is 5.81. The van der Waals surface area contributed by atoms with Crippen LogP contribution in [-0.4, -0.2) is 50.1 Å². The molecular formula is C19H19N3O5. The molecule has 2 aromatic carbocycles. The topological polar surface area (TPSA) is 97.0 Å². The maximum absolute atomic E-state index is 12.0. The first-order chi connectivity index (χ1) is 13.0. The molecule has 0 aromatic heterocycles. The van der Waals surface area contributed by atoms with Crippen molar-refractivity contribution < 1.29 is 23.9 Å². The van der Waals surface area contributed by atoms with E-state index in [1.54, 1.807) is 25.3 Å². The van der Waals surface area contributed by atoms with Crippen molar-refractivity contribution in [3.8, 4) is 11.5 Å². The lowest BCUT2D eigenvalue weighted by molar-refractivity contribution is 0.0693. The summed E-state index contributed by atoms with van der Waals surface area (Å²) >= 11 is 0. The van der Waals surface area contributed by atoms with Crippen molar-refractivity contribution in [1.82, 2.24) is 10.2 Å². The maximum atomic E-state index is 12.0. The summed E-state index contributed by atoms with van der Waals surface area (Å²) in [6, 6.07) is 11.4. The van der Waals surface area contributed by atoms with Gasteiger partial charge in [-0.1, -0.05) is 12.1 Å². The van der Waals surface area contributed by atoms with Gasteiger partial charge < -0.3 is 20.1 Å². The second-order valence-corrected chi connectivity index (χ2v) is 5.81. The Morgan fingerprint density at radius 3 is 2.48 bits per heavy atom. The van der Waals surface area contributed by atoms with Gasteiger partial charge in [0.2, 0.25) is 0 Å². The van der Waals surface area contributed by atoms with Gasteiger partial charge in [0.15, 0.2) is 11.5 Å². The molecule has 0 atom stereocenters. The molecule has 0 radical (unpaired) electrons. The molecule has 0 bridgehead atoms.